The molecule has 3 saturated heterocycles. The molecule has 0 radical (unpaired) electrons. The monoisotopic (exact) mass is 416 g/mol. The van der Waals surface area contributed by atoms with Crippen LogP contribution in [-0.4, -0.2) is 53.6 Å². The number of likely N-dealkylation sites (tertiary alicyclic amines) is 1. The first-order valence-corrected chi connectivity index (χ1v) is 11.8. The van der Waals surface area contributed by atoms with Gasteiger partial charge in [0.1, 0.15) is 0 Å². The van der Waals surface area contributed by atoms with Gasteiger partial charge in [0.15, 0.2) is 0 Å². The van der Waals surface area contributed by atoms with Crippen LogP contribution in [0.1, 0.15) is 49.7 Å². The van der Waals surface area contributed by atoms with Crippen LogP contribution >= 0.6 is 11.8 Å². The van der Waals surface area contributed by atoms with Crippen LogP contribution in [0.25, 0.3) is 0 Å². The van der Waals surface area contributed by atoms with Crippen LogP contribution in [0.15, 0.2) is 18.2 Å². The predicted molar refractivity (Wildman–Crippen MR) is 118 cm³/mol. The third-order valence-corrected chi connectivity index (χ3v) is 7.96. The summed E-state index contributed by atoms with van der Waals surface area (Å²) in [7, 11) is 1.95. The molecule has 7 heteroatoms. The molecule has 0 bridgehead atoms. The molecule has 4 rings (SSSR count). The molecule has 3 amide bonds. The van der Waals surface area contributed by atoms with E-state index in [0.717, 1.165) is 54.8 Å². The number of likely N-dealkylation sites (N-methyl/N-ethyl adjacent to an activating group) is 1. The van der Waals surface area contributed by atoms with Gasteiger partial charge in [0, 0.05) is 31.4 Å². The molecule has 5 unspecified atom stereocenters. The Labute approximate surface area is 177 Å². The maximum Gasteiger partial charge on any atom is 0.320 e. The number of hydrogen-bond acceptors (Lipinski definition) is 4. The molecule has 3 aliphatic heterocycles. The number of nitrogens with one attached hydrogen (secondary N) is 3. The maximum atomic E-state index is 13.2. The fourth-order valence-corrected chi connectivity index (χ4v) is 6.15. The lowest BCUT2D eigenvalue weighted by molar-refractivity contribution is -0.140. The number of hydrogen-bond donors (Lipinski definition) is 3. The minimum atomic E-state index is -0.170. The zero-order valence-electron chi connectivity index (χ0n) is 17.5. The SMILES string of the molecule is Cc1ccc(NC(=O)NC2CCCS2)cc1C1CC2CNC(C)CC2N(C)C1=O. The van der Waals surface area contributed by atoms with Crippen molar-refractivity contribution in [1.29, 1.82) is 0 Å². The van der Waals surface area contributed by atoms with Gasteiger partial charge in [-0.2, -0.15) is 0 Å². The second-order valence-corrected chi connectivity index (χ2v) is 10.1. The maximum absolute atomic E-state index is 13.2. The van der Waals surface area contributed by atoms with Gasteiger partial charge in [-0.05, 0) is 74.5 Å². The number of carbonyl (C=O) groups is 2. The number of piperidine rings is 2. The molecular weight excluding hydrogens is 384 g/mol. The van der Waals surface area contributed by atoms with E-state index in [2.05, 4.69) is 29.8 Å². The Morgan fingerprint density at radius 3 is 2.90 bits per heavy atom. The summed E-state index contributed by atoms with van der Waals surface area (Å²) < 4.78 is 0. The van der Waals surface area contributed by atoms with E-state index in [4.69, 9.17) is 0 Å². The average Bonchev–Trinajstić information content (AvgIpc) is 3.19. The zero-order valence-corrected chi connectivity index (χ0v) is 18.3. The molecule has 0 saturated carbocycles. The summed E-state index contributed by atoms with van der Waals surface area (Å²) in [4.78, 5) is 27.5. The van der Waals surface area contributed by atoms with E-state index in [1.807, 2.05) is 30.1 Å². The van der Waals surface area contributed by atoms with Gasteiger partial charge in [0.25, 0.3) is 0 Å². The van der Waals surface area contributed by atoms with Gasteiger partial charge in [0.05, 0.1) is 11.3 Å². The summed E-state index contributed by atoms with van der Waals surface area (Å²) in [5.74, 6) is 1.63. The number of fused-ring (bicyclic) bond motifs is 1. The van der Waals surface area contributed by atoms with Crippen molar-refractivity contribution in [2.24, 2.45) is 5.92 Å². The fourth-order valence-electron chi connectivity index (χ4n) is 5.01. The Kier molecular flexibility index (Phi) is 6.06. The lowest BCUT2D eigenvalue weighted by atomic mass is 9.75. The van der Waals surface area contributed by atoms with E-state index in [9.17, 15) is 9.59 Å². The molecule has 3 heterocycles. The molecule has 158 valence electrons. The second-order valence-electron chi connectivity index (χ2n) is 8.78. The van der Waals surface area contributed by atoms with Gasteiger partial charge in [-0.1, -0.05) is 6.07 Å². The highest BCUT2D eigenvalue weighted by atomic mass is 32.2. The van der Waals surface area contributed by atoms with Gasteiger partial charge in [0.2, 0.25) is 5.91 Å². The molecule has 0 aliphatic carbocycles. The Morgan fingerprint density at radius 1 is 1.31 bits per heavy atom. The third-order valence-electron chi connectivity index (χ3n) is 6.68. The number of rotatable bonds is 3. The number of amides is 3. The number of carbonyl (C=O) groups excluding carboxylic acids is 2. The number of thioether (sulfide) groups is 1. The number of urea groups is 1. The largest absolute Gasteiger partial charge is 0.342 e. The highest BCUT2D eigenvalue weighted by Gasteiger charge is 2.43. The topological polar surface area (TPSA) is 73.5 Å². The van der Waals surface area contributed by atoms with Crippen molar-refractivity contribution in [1.82, 2.24) is 15.5 Å². The summed E-state index contributed by atoms with van der Waals surface area (Å²) in [6.07, 6.45) is 4.05. The highest BCUT2D eigenvalue weighted by molar-refractivity contribution is 8.00. The van der Waals surface area contributed by atoms with Crippen molar-refractivity contribution in [2.75, 3.05) is 24.7 Å². The van der Waals surface area contributed by atoms with Crippen molar-refractivity contribution in [3.05, 3.63) is 29.3 Å². The van der Waals surface area contributed by atoms with Crippen molar-refractivity contribution >= 4 is 29.4 Å². The summed E-state index contributed by atoms with van der Waals surface area (Å²) in [5.41, 5.74) is 2.88. The molecular formula is C22H32N4O2S. The van der Waals surface area contributed by atoms with Gasteiger partial charge < -0.3 is 20.9 Å². The van der Waals surface area contributed by atoms with E-state index < -0.39 is 0 Å². The van der Waals surface area contributed by atoms with Crippen LogP contribution in [0, 0.1) is 12.8 Å². The van der Waals surface area contributed by atoms with Crippen LogP contribution in [0.5, 0.6) is 0 Å². The van der Waals surface area contributed by atoms with Gasteiger partial charge in [-0.15, -0.1) is 11.8 Å². The first-order chi connectivity index (χ1) is 13.9. The lowest BCUT2D eigenvalue weighted by Crippen LogP contribution is -2.57. The predicted octanol–water partition coefficient (Wildman–Crippen LogP) is 3.28. The number of benzene rings is 1. The van der Waals surface area contributed by atoms with E-state index in [0.29, 0.717) is 18.0 Å². The normalized spacial score (nSPS) is 32.0. The van der Waals surface area contributed by atoms with E-state index in [1.165, 1.54) is 0 Å². The molecule has 1 aromatic rings. The smallest absolute Gasteiger partial charge is 0.320 e. The minimum absolute atomic E-state index is 0.147. The minimum Gasteiger partial charge on any atom is -0.342 e. The number of anilines is 1. The molecule has 1 aromatic carbocycles. The van der Waals surface area contributed by atoms with Crippen LogP contribution in [-0.2, 0) is 4.79 Å². The van der Waals surface area contributed by atoms with Gasteiger partial charge in [-0.25, -0.2) is 4.79 Å². The van der Waals surface area contributed by atoms with Gasteiger partial charge in [-0.3, -0.25) is 4.79 Å². The lowest BCUT2D eigenvalue weighted by Gasteiger charge is -2.47. The third kappa shape index (κ3) is 4.40. The molecule has 3 N–H and O–H groups in total. The molecule has 6 nitrogen and oxygen atoms in total. The number of nitrogens with zero attached hydrogens (tertiary/aromatic N) is 1. The van der Waals surface area contributed by atoms with Crippen LogP contribution < -0.4 is 16.0 Å². The zero-order chi connectivity index (χ0) is 20.5. The molecule has 0 spiro atoms. The summed E-state index contributed by atoms with van der Waals surface area (Å²) in [5, 5.41) is 9.76. The van der Waals surface area contributed by atoms with Crippen molar-refractivity contribution in [3.8, 4) is 0 Å². The van der Waals surface area contributed by atoms with E-state index in [1.54, 1.807) is 11.8 Å². The molecule has 5 atom stereocenters. The van der Waals surface area contributed by atoms with Crippen molar-refractivity contribution < 1.29 is 9.59 Å². The Hall–Kier alpha value is -1.73. The van der Waals surface area contributed by atoms with Crippen LogP contribution in [0.4, 0.5) is 10.5 Å². The summed E-state index contributed by atoms with van der Waals surface area (Å²) >= 11 is 1.79. The summed E-state index contributed by atoms with van der Waals surface area (Å²) in [6.45, 7) is 5.20. The van der Waals surface area contributed by atoms with Crippen molar-refractivity contribution in [3.63, 3.8) is 0 Å². The Morgan fingerprint density at radius 2 is 2.14 bits per heavy atom. The first-order valence-electron chi connectivity index (χ1n) is 10.7. The molecule has 29 heavy (non-hydrogen) atoms. The quantitative estimate of drug-likeness (QED) is 0.707. The summed E-state index contributed by atoms with van der Waals surface area (Å²) in [6, 6.07) is 6.53. The van der Waals surface area contributed by atoms with Crippen molar-refractivity contribution in [2.45, 2.75) is 62.9 Å². The van der Waals surface area contributed by atoms with E-state index in [-0.39, 0.29) is 23.2 Å². The molecule has 3 fully saturated rings. The standard InChI is InChI=1S/C22H32N4O2S/c1-13-6-7-16(24-22(28)25-20-5-4-8-29-20)11-17(13)18-10-15-12-23-14(2)9-19(15)26(3)21(18)27/h6-7,11,14-15,18-20,23H,4-5,8-10,12H2,1-3H3,(H2,24,25,28). The Bertz CT molecular complexity index is 780. The highest BCUT2D eigenvalue weighted by Crippen LogP contribution is 2.39. The second kappa shape index (κ2) is 8.56. The van der Waals surface area contributed by atoms with Gasteiger partial charge >= 0.3 is 6.03 Å². The van der Waals surface area contributed by atoms with Crippen LogP contribution in [0.3, 0.4) is 0 Å². The Balaban J connectivity index is 1.49. The van der Waals surface area contributed by atoms with E-state index >= 15 is 0 Å². The van der Waals surface area contributed by atoms with Crippen LogP contribution in [0.2, 0.25) is 0 Å². The first kappa shape index (κ1) is 20.5. The number of aryl methyl sites for hydroxylation is 1. The average molecular weight is 417 g/mol. The molecule has 3 aliphatic rings. The fraction of sp³-hybridized carbons (Fsp3) is 0.636. The molecule has 0 aromatic heterocycles.